The number of anilines is 1. The summed E-state index contributed by atoms with van der Waals surface area (Å²) in [4.78, 5) is 13.7. The Labute approximate surface area is 85.5 Å². The second-order valence-electron chi connectivity index (χ2n) is 2.73. The third kappa shape index (κ3) is 3.66. The van der Waals surface area contributed by atoms with Crippen LogP contribution in [-0.2, 0) is 4.79 Å². The van der Waals surface area contributed by atoms with Crippen molar-refractivity contribution in [2.45, 2.75) is 6.42 Å². The summed E-state index contributed by atoms with van der Waals surface area (Å²) in [5, 5.41) is 5.57. The molecule has 0 saturated carbocycles. The van der Waals surface area contributed by atoms with Crippen molar-refractivity contribution in [1.82, 2.24) is 0 Å². The van der Waals surface area contributed by atoms with Gasteiger partial charge in [0.25, 0.3) is 0 Å². The molecule has 1 amide bonds. The molecule has 0 fully saturated rings. The fourth-order valence-electron chi connectivity index (χ4n) is 0.972. The van der Waals surface area contributed by atoms with Gasteiger partial charge in [-0.2, -0.15) is 0 Å². The first-order chi connectivity index (χ1) is 7.24. The van der Waals surface area contributed by atoms with Crippen LogP contribution in [0.1, 0.15) is 6.42 Å². The summed E-state index contributed by atoms with van der Waals surface area (Å²) < 4.78 is 13.0. The minimum absolute atomic E-state index is 0.0401. The Morgan fingerprint density at radius 3 is 2.93 bits per heavy atom. The first-order valence-corrected chi connectivity index (χ1v) is 4.29. The lowest BCUT2D eigenvalue weighted by molar-refractivity contribution is -0.116. The van der Waals surface area contributed by atoms with Crippen molar-refractivity contribution in [2.24, 2.45) is 5.11 Å². The van der Waals surface area contributed by atoms with Gasteiger partial charge in [0.1, 0.15) is 5.82 Å². The Hall–Kier alpha value is -2.07. The van der Waals surface area contributed by atoms with Gasteiger partial charge >= 0.3 is 0 Å². The highest BCUT2D eigenvalue weighted by atomic mass is 19.1. The zero-order valence-electron chi connectivity index (χ0n) is 7.85. The average molecular weight is 208 g/mol. The number of para-hydroxylation sites is 1. The number of amides is 1. The summed E-state index contributed by atoms with van der Waals surface area (Å²) in [7, 11) is 0. The van der Waals surface area contributed by atoms with Crippen LogP contribution in [0.25, 0.3) is 10.4 Å². The van der Waals surface area contributed by atoms with Gasteiger partial charge in [-0.3, -0.25) is 4.79 Å². The van der Waals surface area contributed by atoms with Gasteiger partial charge < -0.3 is 5.32 Å². The Balaban J connectivity index is 2.51. The largest absolute Gasteiger partial charge is 0.324 e. The summed E-state index contributed by atoms with van der Waals surface area (Å²) in [5.41, 5.74) is 8.11. The normalized spacial score (nSPS) is 9.13. The number of nitrogens with one attached hydrogen (secondary N) is 1. The van der Waals surface area contributed by atoms with Crippen LogP contribution in [0.3, 0.4) is 0 Å². The summed E-state index contributed by atoms with van der Waals surface area (Å²) in [6.45, 7) is 0.0663. The van der Waals surface area contributed by atoms with Crippen molar-refractivity contribution in [3.63, 3.8) is 0 Å². The van der Waals surface area contributed by atoms with Crippen LogP contribution in [-0.4, -0.2) is 12.5 Å². The predicted octanol–water partition coefficient (Wildman–Crippen LogP) is 2.46. The summed E-state index contributed by atoms with van der Waals surface area (Å²) in [5.74, 6) is -0.873. The Kier molecular flexibility index (Phi) is 4.12. The SMILES string of the molecule is [N-]=[N+]=NCCC(=O)Nc1ccccc1F. The van der Waals surface area contributed by atoms with Crippen molar-refractivity contribution in [1.29, 1.82) is 0 Å². The third-order valence-corrected chi connectivity index (χ3v) is 1.65. The monoisotopic (exact) mass is 208 g/mol. The van der Waals surface area contributed by atoms with Gasteiger partial charge in [-0.05, 0) is 17.7 Å². The van der Waals surface area contributed by atoms with E-state index in [-0.39, 0.29) is 24.6 Å². The second kappa shape index (κ2) is 5.62. The standard InChI is InChI=1S/C9H9FN4O/c10-7-3-1-2-4-8(7)13-9(15)5-6-12-14-11/h1-4H,5-6H2,(H,13,15). The van der Waals surface area contributed by atoms with Crippen molar-refractivity contribution >= 4 is 11.6 Å². The molecule has 0 heterocycles. The molecule has 5 nitrogen and oxygen atoms in total. The second-order valence-corrected chi connectivity index (χ2v) is 2.73. The molecule has 0 aliphatic rings. The van der Waals surface area contributed by atoms with E-state index in [4.69, 9.17) is 5.53 Å². The summed E-state index contributed by atoms with van der Waals surface area (Å²) in [6, 6.07) is 5.86. The van der Waals surface area contributed by atoms with Crippen LogP contribution < -0.4 is 5.32 Å². The lowest BCUT2D eigenvalue weighted by atomic mass is 10.3. The molecule has 78 valence electrons. The smallest absolute Gasteiger partial charge is 0.224 e. The molecule has 0 spiro atoms. The molecule has 0 bridgehead atoms. The molecule has 0 aromatic heterocycles. The lowest BCUT2D eigenvalue weighted by Gasteiger charge is -2.04. The molecule has 1 aromatic rings. The minimum atomic E-state index is -0.491. The third-order valence-electron chi connectivity index (χ3n) is 1.65. The molecule has 1 aromatic carbocycles. The van der Waals surface area contributed by atoms with Crippen LogP contribution in [0.4, 0.5) is 10.1 Å². The molecule has 0 unspecified atom stereocenters. The highest BCUT2D eigenvalue weighted by Gasteiger charge is 2.04. The van der Waals surface area contributed by atoms with Gasteiger partial charge in [-0.15, -0.1) is 0 Å². The number of carbonyl (C=O) groups is 1. The molecule has 0 atom stereocenters. The highest BCUT2D eigenvalue weighted by Crippen LogP contribution is 2.12. The van der Waals surface area contributed by atoms with Crippen molar-refractivity contribution in [3.8, 4) is 0 Å². The van der Waals surface area contributed by atoms with E-state index in [1.54, 1.807) is 6.07 Å². The number of azide groups is 1. The van der Waals surface area contributed by atoms with E-state index >= 15 is 0 Å². The maximum atomic E-state index is 13.0. The predicted molar refractivity (Wildman–Crippen MR) is 53.7 cm³/mol. The zero-order chi connectivity index (χ0) is 11.1. The van der Waals surface area contributed by atoms with Crippen LogP contribution in [0.2, 0.25) is 0 Å². The minimum Gasteiger partial charge on any atom is -0.324 e. The quantitative estimate of drug-likeness (QED) is 0.460. The first-order valence-electron chi connectivity index (χ1n) is 4.29. The molecule has 15 heavy (non-hydrogen) atoms. The van der Waals surface area contributed by atoms with Crippen LogP contribution in [0.5, 0.6) is 0 Å². The lowest BCUT2D eigenvalue weighted by Crippen LogP contribution is -2.13. The fraction of sp³-hybridized carbons (Fsp3) is 0.222. The maximum absolute atomic E-state index is 13.0. The van der Waals surface area contributed by atoms with Gasteiger partial charge in [0.2, 0.25) is 5.91 Å². The Morgan fingerprint density at radius 1 is 1.53 bits per heavy atom. The molecular weight excluding hydrogens is 199 g/mol. The molecule has 6 heteroatoms. The van der Waals surface area contributed by atoms with Crippen LogP contribution in [0.15, 0.2) is 29.4 Å². The zero-order valence-corrected chi connectivity index (χ0v) is 7.85. The number of hydrogen-bond donors (Lipinski definition) is 1. The van der Waals surface area contributed by atoms with E-state index in [9.17, 15) is 9.18 Å². The molecule has 0 radical (unpaired) electrons. The van der Waals surface area contributed by atoms with Crippen molar-refractivity contribution in [2.75, 3.05) is 11.9 Å². The summed E-state index contributed by atoms with van der Waals surface area (Å²) in [6.07, 6.45) is 0.0401. The number of benzene rings is 1. The molecular formula is C9H9FN4O. The van der Waals surface area contributed by atoms with Gasteiger partial charge in [-0.1, -0.05) is 17.2 Å². The Morgan fingerprint density at radius 2 is 2.27 bits per heavy atom. The number of carbonyl (C=O) groups excluding carboxylic acids is 1. The van der Waals surface area contributed by atoms with Crippen LogP contribution >= 0.6 is 0 Å². The van der Waals surface area contributed by atoms with E-state index in [1.165, 1.54) is 18.2 Å². The van der Waals surface area contributed by atoms with Gasteiger partial charge in [0.05, 0.1) is 5.69 Å². The molecule has 0 aliphatic heterocycles. The number of rotatable bonds is 4. The Bertz CT molecular complexity index is 401. The van der Waals surface area contributed by atoms with Crippen molar-refractivity contribution < 1.29 is 9.18 Å². The van der Waals surface area contributed by atoms with Crippen molar-refractivity contribution in [3.05, 3.63) is 40.5 Å². The van der Waals surface area contributed by atoms with E-state index < -0.39 is 5.82 Å². The summed E-state index contributed by atoms with van der Waals surface area (Å²) >= 11 is 0. The average Bonchev–Trinajstić information content (AvgIpc) is 2.22. The van der Waals surface area contributed by atoms with E-state index in [0.717, 1.165) is 0 Å². The topological polar surface area (TPSA) is 77.9 Å². The molecule has 0 aliphatic carbocycles. The molecule has 0 saturated heterocycles. The number of hydrogen-bond acceptors (Lipinski definition) is 2. The molecule has 1 rings (SSSR count). The van der Waals surface area contributed by atoms with E-state index in [1.807, 2.05) is 0 Å². The van der Waals surface area contributed by atoms with Crippen LogP contribution in [0, 0.1) is 5.82 Å². The van der Waals surface area contributed by atoms with Gasteiger partial charge in [0.15, 0.2) is 0 Å². The highest BCUT2D eigenvalue weighted by molar-refractivity contribution is 5.90. The first kappa shape index (κ1) is 11.0. The van der Waals surface area contributed by atoms with E-state index in [0.29, 0.717) is 0 Å². The van der Waals surface area contributed by atoms with Gasteiger partial charge in [-0.25, -0.2) is 4.39 Å². The van der Waals surface area contributed by atoms with E-state index in [2.05, 4.69) is 15.3 Å². The number of halogens is 1. The maximum Gasteiger partial charge on any atom is 0.224 e. The van der Waals surface area contributed by atoms with Gasteiger partial charge in [0, 0.05) is 17.9 Å². The molecule has 1 N–H and O–H groups in total. The number of nitrogens with zero attached hydrogens (tertiary/aromatic N) is 3. The fourth-order valence-corrected chi connectivity index (χ4v) is 0.972.